The molecule has 3 nitrogen and oxygen atoms in total. The van der Waals surface area contributed by atoms with Crippen LogP contribution in [0.2, 0.25) is 0 Å². The molecule has 14 heavy (non-hydrogen) atoms. The monoisotopic (exact) mass is 273 g/mol. The van der Waals surface area contributed by atoms with Crippen LogP contribution in [0.1, 0.15) is 10.5 Å². The molecule has 0 saturated carbocycles. The number of aromatic nitrogens is 1. The van der Waals surface area contributed by atoms with Gasteiger partial charge in [-0.15, -0.1) is 11.3 Å². The highest BCUT2D eigenvalue weighted by Crippen LogP contribution is 2.14. The third-order valence-electron chi connectivity index (χ3n) is 1.31. The summed E-state index contributed by atoms with van der Waals surface area (Å²) in [6.45, 7) is 0. The molecule has 2 N–H and O–H groups in total. The molecule has 0 aliphatic carbocycles. The fourth-order valence-corrected chi connectivity index (χ4v) is 1.64. The normalized spacial score (nSPS) is 8.93. The predicted molar refractivity (Wildman–Crippen MR) is 59.8 cm³/mol. The molecule has 5 heteroatoms. The molecule has 2 aromatic rings. The van der Waals surface area contributed by atoms with Crippen molar-refractivity contribution < 1.29 is 9.90 Å². The molecule has 2 rings (SSSR count). The highest BCUT2D eigenvalue weighted by molar-refractivity contribution is 9.11. The number of aromatic carboxylic acids is 1. The van der Waals surface area contributed by atoms with E-state index in [-0.39, 0.29) is 5.69 Å². The molecule has 0 aromatic carbocycles. The lowest BCUT2D eigenvalue weighted by atomic mass is 10.4. The van der Waals surface area contributed by atoms with E-state index in [1.807, 2.05) is 17.5 Å². The van der Waals surface area contributed by atoms with Crippen molar-refractivity contribution in [3.05, 3.63) is 45.3 Å². The van der Waals surface area contributed by atoms with Crippen LogP contribution in [0, 0.1) is 0 Å². The van der Waals surface area contributed by atoms with Crippen molar-refractivity contribution >= 4 is 33.2 Å². The quantitative estimate of drug-likeness (QED) is 0.838. The van der Waals surface area contributed by atoms with E-state index in [1.54, 1.807) is 23.6 Å². The number of nitrogens with one attached hydrogen (secondary N) is 1. The maximum absolute atomic E-state index is 10.0. The molecule has 2 heterocycles. The molecular formula is C9H8BrNO2S. The van der Waals surface area contributed by atoms with Gasteiger partial charge < -0.3 is 10.1 Å². The summed E-state index contributed by atoms with van der Waals surface area (Å²) in [6.07, 6.45) is 1.57. The summed E-state index contributed by atoms with van der Waals surface area (Å²) in [7, 11) is 0. The van der Waals surface area contributed by atoms with E-state index < -0.39 is 5.97 Å². The lowest BCUT2D eigenvalue weighted by Crippen LogP contribution is -1.94. The first kappa shape index (κ1) is 11.0. The first-order valence-electron chi connectivity index (χ1n) is 3.76. The first-order chi connectivity index (χ1) is 6.70. The fourth-order valence-electron chi connectivity index (χ4n) is 0.722. The number of hydrogen-bond donors (Lipinski definition) is 2. The molecular weight excluding hydrogens is 266 g/mol. The van der Waals surface area contributed by atoms with Gasteiger partial charge in [0.2, 0.25) is 0 Å². The second-order valence-electron chi connectivity index (χ2n) is 2.31. The van der Waals surface area contributed by atoms with Crippen LogP contribution in [0.15, 0.2) is 39.6 Å². The van der Waals surface area contributed by atoms with Gasteiger partial charge in [0.15, 0.2) is 0 Å². The average Bonchev–Trinajstić information content (AvgIpc) is 2.75. The van der Waals surface area contributed by atoms with E-state index in [0.29, 0.717) is 0 Å². The van der Waals surface area contributed by atoms with Crippen molar-refractivity contribution in [2.45, 2.75) is 0 Å². The Morgan fingerprint density at radius 2 is 2.21 bits per heavy atom. The van der Waals surface area contributed by atoms with Crippen molar-refractivity contribution in [3.8, 4) is 0 Å². The van der Waals surface area contributed by atoms with Crippen LogP contribution in [-0.2, 0) is 0 Å². The molecule has 0 bridgehead atoms. The molecule has 0 radical (unpaired) electrons. The van der Waals surface area contributed by atoms with Crippen molar-refractivity contribution in [3.63, 3.8) is 0 Å². The van der Waals surface area contributed by atoms with Crippen LogP contribution < -0.4 is 0 Å². The predicted octanol–water partition coefficient (Wildman–Crippen LogP) is 3.22. The Morgan fingerprint density at radius 1 is 1.43 bits per heavy atom. The minimum atomic E-state index is -0.921. The Labute approximate surface area is 93.5 Å². The molecule has 0 fully saturated rings. The van der Waals surface area contributed by atoms with Crippen LogP contribution in [0.4, 0.5) is 0 Å². The molecule has 74 valence electrons. The number of aromatic amines is 1. The maximum Gasteiger partial charge on any atom is 0.352 e. The number of H-pyrrole nitrogens is 1. The van der Waals surface area contributed by atoms with Crippen LogP contribution in [0.25, 0.3) is 0 Å². The van der Waals surface area contributed by atoms with Crippen molar-refractivity contribution in [2.75, 3.05) is 0 Å². The fraction of sp³-hybridized carbons (Fsp3) is 0. The number of carboxylic acid groups (broad SMARTS) is 1. The summed E-state index contributed by atoms with van der Waals surface area (Å²) in [5.41, 5.74) is 0.227. The second kappa shape index (κ2) is 5.62. The zero-order valence-electron chi connectivity index (χ0n) is 7.11. The van der Waals surface area contributed by atoms with Crippen LogP contribution in [0.5, 0.6) is 0 Å². The minimum absolute atomic E-state index is 0.227. The van der Waals surface area contributed by atoms with Gasteiger partial charge in [0.25, 0.3) is 0 Å². The Bertz CT molecular complexity index is 369. The van der Waals surface area contributed by atoms with Gasteiger partial charge >= 0.3 is 5.97 Å². The Balaban J connectivity index is 0.000000146. The molecule has 0 amide bonds. The van der Waals surface area contributed by atoms with Crippen molar-refractivity contribution in [1.29, 1.82) is 0 Å². The summed E-state index contributed by atoms with van der Waals surface area (Å²) in [6, 6.07) is 7.17. The Hall–Kier alpha value is -1.07. The lowest BCUT2D eigenvalue weighted by molar-refractivity contribution is 0.0691. The molecule has 0 unspecified atom stereocenters. The van der Waals surface area contributed by atoms with Crippen LogP contribution in [-0.4, -0.2) is 16.1 Å². The van der Waals surface area contributed by atoms with Gasteiger partial charge in [-0.25, -0.2) is 4.79 Å². The largest absolute Gasteiger partial charge is 0.477 e. The Morgan fingerprint density at radius 3 is 2.43 bits per heavy atom. The summed E-state index contributed by atoms with van der Waals surface area (Å²) in [5.74, 6) is -0.921. The molecule has 2 aromatic heterocycles. The zero-order chi connectivity index (χ0) is 10.4. The zero-order valence-corrected chi connectivity index (χ0v) is 9.51. The van der Waals surface area contributed by atoms with Gasteiger partial charge in [0, 0.05) is 6.20 Å². The number of thiophene rings is 1. The van der Waals surface area contributed by atoms with Crippen molar-refractivity contribution in [2.24, 2.45) is 0 Å². The van der Waals surface area contributed by atoms with Gasteiger partial charge in [0.1, 0.15) is 5.69 Å². The third-order valence-corrected chi connectivity index (χ3v) is 2.79. The standard InChI is InChI=1S/C5H5NO2.C4H3BrS/c7-5(8)4-2-1-3-6-4;5-4-2-1-3-6-4/h1-3,6H,(H,7,8);1-3H. The number of carboxylic acids is 1. The van der Waals surface area contributed by atoms with Gasteiger partial charge in [-0.1, -0.05) is 6.07 Å². The highest BCUT2D eigenvalue weighted by atomic mass is 79.9. The number of rotatable bonds is 1. The van der Waals surface area contributed by atoms with Crippen LogP contribution in [0.3, 0.4) is 0 Å². The van der Waals surface area contributed by atoms with Gasteiger partial charge in [-0.2, -0.15) is 0 Å². The summed E-state index contributed by atoms with van der Waals surface area (Å²) in [5, 5.41) is 10.3. The SMILES string of the molecule is Brc1cccs1.O=C(O)c1ccc[nH]1. The number of hydrogen-bond acceptors (Lipinski definition) is 2. The number of carbonyl (C=O) groups is 1. The van der Waals surface area contributed by atoms with Gasteiger partial charge in [0.05, 0.1) is 3.79 Å². The topological polar surface area (TPSA) is 53.1 Å². The Kier molecular flexibility index (Phi) is 4.42. The van der Waals surface area contributed by atoms with E-state index in [1.165, 1.54) is 9.85 Å². The third kappa shape index (κ3) is 3.76. The molecule has 0 aliphatic heterocycles. The van der Waals surface area contributed by atoms with E-state index in [0.717, 1.165) is 0 Å². The summed E-state index contributed by atoms with van der Waals surface area (Å²) in [4.78, 5) is 12.6. The summed E-state index contributed by atoms with van der Waals surface area (Å²) >= 11 is 4.99. The minimum Gasteiger partial charge on any atom is -0.477 e. The molecule has 0 spiro atoms. The van der Waals surface area contributed by atoms with Gasteiger partial charge in [-0.3, -0.25) is 0 Å². The summed E-state index contributed by atoms with van der Waals surface area (Å²) < 4.78 is 1.20. The lowest BCUT2D eigenvalue weighted by Gasteiger charge is -1.80. The van der Waals surface area contributed by atoms with E-state index >= 15 is 0 Å². The molecule has 0 atom stereocenters. The van der Waals surface area contributed by atoms with E-state index in [2.05, 4.69) is 20.9 Å². The second-order valence-corrected chi connectivity index (χ2v) is 4.63. The van der Waals surface area contributed by atoms with Gasteiger partial charge in [-0.05, 0) is 39.5 Å². The van der Waals surface area contributed by atoms with Crippen LogP contribution >= 0.6 is 27.3 Å². The van der Waals surface area contributed by atoms with Crippen molar-refractivity contribution in [1.82, 2.24) is 4.98 Å². The smallest absolute Gasteiger partial charge is 0.352 e. The maximum atomic E-state index is 10.0. The molecule has 0 saturated heterocycles. The average molecular weight is 274 g/mol. The van der Waals surface area contributed by atoms with E-state index in [9.17, 15) is 4.79 Å². The highest BCUT2D eigenvalue weighted by Gasteiger charge is 1.98. The molecule has 0 aliphatic rings. The van der Waals surface area contributed by atoms with E-state index in [4.69, 9.17) is 5.11 Å². The number of halogens is 1. The first-order valence-corrected chi connectivity index (χ1v) is 5.43.